The Bertz CT molecular complexity index is 534. The lowest BCUT2D eigenvalue weighted by molar-refractivity contribution is 0.290. The molecule has 1 aromatic heterocycles. The molecule has 0 amide bonds. The van der Waals surface area contributed by atoms with E-state index >= 15 is 0 Å². The van der Waals surface area contributed by atoms with Crippen molar-refractivity contribution in [1.82, 2.24) is 4.98 Å². The highest BCUT2D eigenvalue weighted by Gasteiger charge is 2.17. The molecule has 0 bridgehead atoms. The molecule has 1 aromatic carbocycles. The van der Waals surface area contributed by atoms with Crippen molar-refractivity contribution in [3.8, 4) is 5.75 Å². The smallest absolute Gasteiger partial charge is 0.165 e. The molecule has 0 fully saturated rings. The number of aromatic nitrogens is 1. The van der Waals surface area contributed by atoms with Crippen LogP contribution in [0.3, 0.4) is 0 Å². The van der Waals surface area contributed by atoms with E-state index in [1.807, 2.05) is 13.8 Å². The molecule has 2 aromatic rings. The predicted octanol–water partition coefficient (Wildman–Crippen LogP) is 3.06. The molecule has 2 rings (SSSR count). The van der Waals surface area contributed by atoms with Crippen LogP contribution in [-0.4, -0.2) is 4.98 Å². The van der Waals surface area contributed by atoms with Crippen LogP contribution in [0.15, 0.2) is 30.5 Å². The molecule has 3 nitrogen and oxygen atoms in total. The van der Waals surface area contributed by atoms with Crippen molar-refractivity contribution >= 4 is 11.3 Å². The summed E-state index contributed by atoms with van der Waals surface area (Å²) >= 11 is 1.48. The summed E-state index contributed by atoms with van der Waals surface area (Å²) in [6.07, 6.45) is 1.74. The second-order valence-corrected chi connectivity index (χ2v) is 5.67. The Kier molecular flexibility index (Phi) is 3.63. The van der Waals surface area contributed by atoms with Crippen LogP contribution in [-0.2, 0) is 12.1 Å². The van der Waals surface area contributed by atoms with Crippen LogP contribution >= 0.6 is 11.3 Å². The van der Waals surface area contributed by atoms with Gasteiger partial charge >= 0.3 is 0 Å². The summed E-state index contributed by atoms with van der Waals surface area (Å²) in [5.41, 5.74) is 5.56. The van der Waals surface area contributed by atoms with Gasteiger partial charge < -0.3 is 10.5 Å². The Morgan fingerprint density at radius 3 is 2.72 bits per heavy atom. The summed E-state index contributed by atoms with van der Waals surface area (Å²) < 4.78 is 18.7. The summed E-state index contributed by atoms with van der Waals surface area (Å²) in [7, 11) is 0. The molecule has 0 aliphatic rings. The van der Waals surface area contributed by atoms with Crippen molar-refractivity contribution in [2.45, 2.75) is 26.0 Å². The third-order valence-corrected chi connectivity index (χ3v) is 3.69. The van der Waals surface area contributed by atoms with Crippen molar-refractivity contribution in [2.75, 3.05) is 0 Å². The van der Waals surface area contributed by atoms with Crippen LogP contribution in [0.5, 0.6) is 5.75 Å². The Hall–Kier alpha value is -1.46. The van der Waals surface area contributed by atoms with Crippen LogP contribution in [0.2, 0.25) is 0 Å². The third-order valence-electron chi connectivity index (χ3n) is 2.38. The van der Waals surface area contributed by atoms with E-state index in [2.05, 4.69) is 4.98 Å². The molecule has 0 unspecified atom stereocenters. The van der Waals surface area contributed by atoms with Crippen LogP contribution in [0.25, 0.3) is 0 Å². The molecular formula is C13H15FN2OS. The summed E-state index contributed by atoms with van der Waals surface area (Å²) in [6, 6.07) is 6.32. The number of para-hydroxylation sites is 1. The normalized spacial score (nSPS) is 11.6. The minimum absolute atomic E-state index is 0.237. The van der Waals surface area contributed by atoms with Crippen molar-refractivity contribution in [2.24, 2.45) is 5.73 Å². The van der Waals surface area contributed by atoms with Gasteiger partial charge in [-0.3, -0.25) is 0 Å². The molecular weight excluding hydrogens is 251 g/mol. The lowest BCUT2D eigenvalue weighted by Crippen LogP contribution is -2.27. The minimum Gasteiger partial charge on any atom is -0.483 e. The Morgan fingerprint density at radius 2 is 2.11 bits per heavy atom. The van der Waals surface area contributed by atoms with Gasteiger partial charge in [0, 0.05) is 16.6 Å². The van der Waals surface area contributed by atoms with Crippen LogP contribution in [0.4, 0.5) is 4.39 Å². The van der Waals surface area contributed by atoms with Gasteiger partial charge in [0.2, 0.25) is 0 Å². The van der Waals surface area contributed by atoms with E-state index in [1.165, 1.54) is 17.4 Å². The number of rotatable bonds is 4. The zero-order chi connectivity index (χ0) is 13.2. The molecule has 0 spiro atoms. The highest BCUT2D eigenvalue weighted by molar-refractivity contribution is 7.11. The summed E-state index contributed by atoms with van der Waals surface area (Å²) in [5, 5.41) is 0.784. The molecule has 96 valence electrons. The SMILES string of the molecule is CC(C)(N)c1cnc(COc2ccccc2F)s1. The molecule has 5 heteroatoms. The average molecular weight is 266 g/mol. The number of hydrogen-bond donors (Lipinski definition) is 1. The van der Waals surface area contributed by atoms with E-state index in [4.69, 9.17) is 10.5 Å². The number of nitrogens with two attached hydrogens (primary N) is 1. The standard InChI is InChI=1S/C13H15FN2OS/c1-13(2,15)11-7-16-12(18-11)8-17-10-6-4-3-5-9(10)14/h3-7H,8,15H2,1-2H3. The van der Waals surface area contributed by atoms with Gasteiger partial charge in [-0.05, 0) is 26.0 Å². The van der Waals surface area contributed by atoms with E-state index in [0.29, 0.717) is 0 Å². The fourth-order valence-corrected chi connectivity index (χ4v) is 2.22. The molecule has 0 aliphatic heterocycles. The van der Waals surface area contributed by atoms with Crippen molar-refractivity contribution < 1.29 is 9.13 Å². The first-order chi connectivity index (χ1) is 8.47. The Balaban J connectivity index is 2.03. The molecule has 1 heterocycles. The highest BCUT2D eigenvalue weighted by atomic mass is 32.1. The second-order valence-electron chi connectivity index (χ2n) is 4.56. The van der Waals surface area contributed by atoms with Gasteiger partial charge in [-0.25, -0.2) is 9.37 Å². The first-order valence-electron chi connectivity index (χ1n) is 5.58. The number of benzene rings is 1. The first-order valence-corrected chi connectivity index (χ1v) is 6.40. The number of thiazole rings is 1. The van der Waals surface area contributed by atoms with E-state index in [1.54, 1.807) is 24.4 Å². The fourth-order valence-electron chi connectivity index (χ4n) is 1.38. The van der Waals surface area contributed by atoms with Gasteiger partial charge in [0.05, 0.1) is 0 Å². The maximum atomic E-state index is 13.3. The lowest BCUT2D eigenvalue weighted by Gasteiger charge is -2.14. The van der Waals surface area contributed by atoms with Crippen molar-refractivity contribution in [3.05, 3.63) is 46.2 Å². The predicted molar refractivity (Wildman–Crippen MR) is 70.1 cm³/mol. The average Bonchev–Trinajstić information content (AvgIpc) is 2.76. The first kappa shape index (κ1) is 13.0. The number of ether oxygens (including phenoxy) is 1. The molecule has 18 heavy (non-hydrogen) atoms. The van der Waals surface area contributed by atoms with Gasteiger partial charge in [0.1, 0.15) is 11.6 Å². The van der Waals surface area contributed by atoms with Gasteiger partial charge in [-0.1, -0.05) is 12.1 Å². The van der Waals surface area contributed by atoms with Crippen molar-refractivity contribution in [1.29, 1.82) is 0 Å². The summed E-state index contributed by atoms with van der Waals surface area (Å²) in [6.45, 7) is 4.09. The number of nitrogens with zero attached hydrogens (tertiary/aromatic N) is 1. The molecule has 0 radical (unpaired) electrons. The fraction of sp³-hybridized carbons (Fsp3) is 0.308. The van der Waals surface area contributed by atoms with Crippen LogP contribution in [0, 0.1) is 5.82 Å². The maximum Gasteiger partial charge on any atom is 0.165 e. The number of hydrogen-bond acceptors (Lipinski definition) is 4. The topological polar surface area (TPSA) is 48.1 Å². The minimum atomic E-state index is -0.409. The van der Waals surface area contributed by atoms with Crippen LogP contribution in [0.1, 0.15) is 23.7 Å². The van der Waals surface area contributed by atoms with Gasteiger partial charge in [0.25, 0.3) is 0 Å². The molecule has 0 saturated heterocycles. The molecule has 0 atom stereocenters. The summed E-state index contributed by atoms with van der Waals surface area (Å²) in [5.74, 6) is -0.130. The van der Waals surface area contributed by atoms with E-state index in [0.717, 1.165) is 9.88 Å². The second kappa shape index (κ2) is 5.04. The zero-order valence-electron chi connectivity index (χ0n) is 10.3. The quantitative estimate of drug-likeness (QED) is 0.925. The van der Waals surface area contributed by atoms with Gasteiger partial charge in [0.15, 0.2) is 11.6 Å². The summed E-state index contributed by atoms with van der Waals surface area (Å²) in [4.78, 5) is 5.20. The Morgan fingerprint density at radius 1 is 1.39 bits per heavy atom. The van der Waals surface area contributed by atoms with E-state index < -0.39 is 5.54 Å². The van der Waals surface area contributed by atoms with Gasteiger partial charge in [-0.2, -0.15) is 0 Å². The molecule has 2 N–H and O–H groups in total. The van der Waals surface area contributed by atoms with E-state index in [9.17, 15) is 4.39 Å². The monoisotopic (exact) mass is 266 g/mol. The van der Waals surface area contributed by atoms with Gasteiger partial charge in [-0.15, -0.1) is 11.3 Å². The highest BCUT2D eigenvalue weighted by Crippen LogP contribution is 2.25. The third kappa shape index (κ3) is 3.05. The largest absolute Gasteiger partial charge is 0.483 e. The molecule has 0 saturated carbocycles. The lowest BCUT2D eigenvalue weighted by atomic mass is 10.1. The van der Waals surface area contributed by atoms with E-state index in [-0.39, 0.29) is 18.2 Å². The zero-order valence-corrected chi connectivity index (χ0v) is 11.1. The van der Waals surface area contributed by atoms with Crippen LogP contribution < -0.4 is 10.5 Å². The Labute approximate surface area is 109 Å². The number of halogens is 1. The maximum absolute atomic E-state index is 13.3. The van der Waals surface area contributed by atoms with Crippen molar-refractivity contribution in [3.63, 3.8) is 0 Å². The molecule has 0 aliphatic carbocycles.